The van der Waals surface area contributed by atoms with Gasteiger partial charge >= 0.3 is 6.61 Å². The van der Waals surface area contributed by atoms with E-state index in [1.165, 1.54) is 43.7 Å². The molecule has 1 fully saturated rings. The number of carbonyl (C=O) groups excluding carboxylic acids is 1. The van der Waals surface area contributed by atoms with Crippen LogP contribution in [0.1, 0.15) is 29.5 Å². The van der Waals surface area contributed by atoms with Crippen molar-refractivity contribution in [3.63, 3.8) is 0 Å². The number of halogens is 2. The van der Waals surface area contributed by atoms with Crippen LogP contribution in [-0.2, 0) is 17.9 Å². The van der Waals surface area contributed by atoms with Crippen molar-refractivity contribution < 1.29 is 23.0 Å². The van der Waals surface area contributed by atoms with Crippen LogP contribution >= 0.6 is 0 Å². The minimum Gasteiger partial charge on any atom is -0.493 e. The van der Waals surface area contributed by atoms with Gasteiger partial charge in [-0.25, -0.2) is 0 Å². The quantitative estimate of drug-likeness (QED) is 0.622. The zero-order valence-electron chi connectivity index (χ0n) is 16.9. The third-order valence-corrected chi connectivity index (χ3v) is 4.93. The summed E-state index contributed by atoms with van der Waals surface area (Å²) in [5, 5.41) is 2.84. The van der Waals surface area contributed by atoms with Crippen LogP contribution in [0.25, 0.3) is 6.08 Å². The number of hydrogen-bond donors (Lipinski definition) is 1. The first-order chi connectivity index (χ1) is 14.5. The Morgan fingerprint density at radius 1 is 1.10 bits per heavy atom. The molecule has 0 atom stereocenters. The average molecular weight is 416 g/mol. The number of likely N-dealkylation sites (tertiary alicyclic amines) is 1. The number of hydrogen-bond acceptors (Lipinski definition) is 4. The SMILES string of the molecule is COc1cc(/C=C/C(=O)NCc2ccc(CN3CCCC3)cc2)ccc1OC(F)F. The van der Waals surface area contributed by atoms with Crippen LogP contribution in [0, 0.1) is 0 Å². The number of ether oxygens (including phenoxy) is 2. The maximum atomic E-state index is 12.4. The summed E-state index contributed by atoms with van der Waals surface area (Å²) in [4.78, 5) is 14.5. The van der Waals surface area contributed by atoms with Crippen molar-refractivity contribution >= 4 is 12.0 Å². The van der Waals surface area contributed by atoms with Gasteiger partial charge in [-0.05, 0) is 60.8 Å². The van der Waals surface area contributed by atoms with Crippen molar-refractivity contribution in [1.82, 2.24) is 10.2 Å². The molecular formula is C23H26F2N2O3. The highest BCUT2D eigenvalue weighted by Crippen LogP contribution is 2.29. The van der Waals surface area contributed by atoms with Gasteiger partial charge in [0.15, 0.2) is 11.5 Å². The summed E-state index contributed by atoms with van der Waals surface area (Å²) in [6.45, 7) is 0.800. The molecule has 0 aliphatic carbocycles. The molecule has 5 nitrogen and oxygen atoms in total. The first-order valence-electron chi connectivity index (χ1n) is 9.92. The van der Waals surface area contributed by atoms with E-state index in [4.69, 9.17) is 4.74 Å². The molecule has 0 spiro atoms. The number of methoxy groups -OCH3 is 1. The van der Waals surface area contributed by atoms with Crippen molar-refractivity contribution in [1.29, 1.82) is 0 Å². The number of carbonyl (C=O) groups is 1. The lowest BCUT2D eigenvalue weighted by Crippen LogP contribution is -2.20. The van der Waals surface area contributed by atoms with Crippen LogP contribution in [0.15, 0.2) is 48.5 Å². The molecule has 1 saturated heterocycles. The highest BCUT2D eigenvalue weighted by Gasteiger charge is 2.12. The second kappa shape index (κ2) is 10.7. The van der Waals surface area contributed by atoms with Crippen LogP contribution < -0.4 is 14.8 Å². The molecule has 0 saturated carbocycles. The lowest BCUT2D eigenvalue weighted by atomic mass is 10.1. The fourth-order valence-electron chi connectivity index (χ4n) is 3.36. The van der Waals surface area contributed by atoms with Gasteiger partial charge in [-0.15, -0.1) is 0 Å². The van der Waals surface area contributed by atoms with Crippen LogP contribution in [0.5, 0.6) is 11.5 Å². The molecule has 1 aliphatic heterocycles. The number of nitrogens with one attached hydrogen (secondary N) is 1. The molecule has 1 aliphatic rings. The molecule has 1 heterocycles. The van der Waals surface area contributed by atoms with E-state index in [0.717, 1.165) is 25.2 Å². The predicted molar refractivity (Wildman–Crippen MR) is 111 cm³/mol. The summed E-state index contributed by atoms with van der Waals surface area (Å²) in [5.74, 6) is -0.128. The number of alkyl halides is 2. The lowest BCUT2D eigenvalue weighted by Gasteiger charge is -2.14. The van der Waals surface area contributed by atoms with Crippen LogP contribution in [0.3, 0.4) is 0 Å². The van der Waals surface area contributed by atoms with Crippen LogP contribution in [0.4, 0.5) is 8.78 Å². The van der Waals surface area contributed by atoms with Gasteiger partial charge in [0, 0.05) is 19.2 Å². The Morgan fingerprint density at radius 3 is 2.47 bits per heavy atom. The topological polar surface area (TPSA) is 50.8 Å². The van der Waals surface area contributed by atoms with Gasteiger partial charge < -0.3 is 14.8 Å². The molecule has 0 unspecified atom stereocenters. The van der Waals surface area contributed by atoms with E-state index in [0.29, 0.717) is 12.1 Å². The molecule has 3 rings (SSSR count). The second-order valence-corrected chi connectivity index (χ2v) is 7.14. The van der Waals surface area contributed by atoms with Gasteiger partial charge in [0.1, 0.15) is 0 Å². The molecule has 30 heavy (non-hydrogen) atoms. The summed E-state index contributed by atoms with van der Waals surface area (Å²) in [6.07, 6.45) is 5.53. The Labute approximate surface area is 175 Å². The number of rotatable bonds is 9. The van der Waals surface area contributed by atoms with Gasteiger partial charge in [0.2, 0.25) is 5.91 Å². The summed E-state index contributed by atoms with van der Waals surface area (Å²) >= 11 is 0. The summed E-state index contributed by atoms with van der Waals surface area (Å²) in [6, 6.07) is 12.7. The predicted octanol–water partition coefficient (Wildman–Crippen LogP) is 4.22. The van der Waals surface area contributed by atoms with Crippen LogP contribution in [0.2, 0.25) is 0 Å². The van der Waals surface area contributed by atoms with Crippen LogP contribution in [-0.4, -0.2) is 37.6 Å². The Kier molecular flexibility index (Phi) is 7.79. The van der Waals surface area contributed by atoms with E-state index >= 15 is 0 Å². The summed E-state index contributed by atoms with van der Waals surface area (Å²) in [5.41, 5.74) is 2.94. The average Bonchev–Trinajstić information content (AvgIpc) is 3.25. The minimum atomic E-state index is -2.93. The van der Waals surface area contributed by atoms with E-state index in [1.807, 2.05) is 12.1 Å². The highest BCUT2D eigenvalue weighted by molar-refractivity contribution is 5.91. The van der Waals surface area contributed by atoms with E-state index < -0.39 is 6.61 Å². The largest absolute Gasteiger partial charge is 0.493 e. The first kappa shape index (κ1) is 21.8. The molecular weight excluding hydrogens is 390 g/mol. The third kappa shape index (κ3) is 6.56. The van der Waals surface area contributed by atoms with Gasteiger partial charge in [0.05, 0.1) is 7.11 Å². The molecule has 0 aromatic heterocycles. The second-order valence-electron chi connectivity index (χ2n) is 7.14. The molecule has 2 aromatic rings. The number of benzene rings is 2. The molecule has 0 bridgehead atoms. The van der Waals surface area contributed by atoms with Crippen molar-refractivity contribution in [3.8, 4) is 11.5 Å². The monoisotopic (exact) mass is 416 g/mol. The van der Waals surface area contributed by atoms with Crippen molar-refractivity contribution in [2.24, 2.45) is 0 Å². The third-order valence-electron chi connectivity index (χ3n) is 4.93. The Balaban J connectivity index is 1.49. The van der Waals surface area contributed by atoms with Gasteiger partial charge in [-0.3, -0.25) is 9.69 Å². The van der Waals surface area contributed by atoms with Gasteiger partial charge in [-0.1, -0.05) is 30.3 Å². The maximum absolute atomic E-state index is 12.4. The Morgan fingerprint density at radius 2 is 1.80 bits per heavy atom. The normalized spacial score (nSPS) is 14.4. The van der Waals surface area contributed by atoms with E-state index in [-0.39, 0.29) is 17.4 Å². The fourth-order valence-corrected chi connectivity index (χ4v) is 3.36. The highest BCUT2D eigenvalue weighted by atomic mass is 19.3. The molecule has 1 N–H and O–H groups in total. The number of nitrogens with zero attached hydrogens (tertiary/aromatic N) is 1. The Bertz CT molecular complexity index is 863. The maximum Gasteiger partial charge on any atom is 0.387 e. The van der Waals surface area contributed by atoms with Crippen molar-refractivity contribution in [2.75, 3.05) is 20.2 Å². The van der Waals surface area contributed by atoms with E-state index in [9.17, 15) is 13.6 Å². The van der Waals surface area contributed by atoms with Crippen molar-refractivity contribution in [3.05, 3.63) is 65.2 Å². The molecule has 0 radical (unpaired) electrons. The smallest absolute Gasteiger partial charge is 0.387 e. The van der Waals surface area contributed by atoms with E-state index in [2.05, 4.69) is 27.1 Å². The van der Waals surface area contributed by atoms with E-state index in [1.54, 1.807) is 12.1 Å². The fraction of sp³-hybridized carbons (Fsp3) is 0.348. The van der Waals surface area contributed by atoms with Gasteiger partial charge in [-0.2, -0.15) is 8.78 Å². The summed E-state index contributed by atoms with van der Waals surface area (Å²) < 4.78 is 34.2. The molecule has 2 aromatic carbocycles. The Hall–Kier alpha value is -2.93. The zero-order valence-corrected chi connectivity index (χ0v) is 16.9. The lowest BCUT2D eigenvalue weighted by molar-refractivity contribution is -0.116. The zero-order chi connectivity index (χ0) is 21.3. The minimum absolute atomic E-state index is 0.0534. The number of amides is 1. The van der Waals surface area contributed by atoms with Gasteiger partial charge in [0.25, 0.3) is 0 Å². The standard InChI is InChI=1S/C23H26F2N2O3/c1-29-21-14-17(8-10-20(21)30-23(24)25)9-11-22(28)26-15-18-4-6-19(7-5-18)16-27-12-2-3-13-27/h4-11,14,23H,2-3,12-13,15-16H2,1H3,(H,26,28)/b11-9+. The molecule has 7 heteroatoms. The molecule has 160 valence electrons. The van der Waals surface area contributed by atoms with Crippen molar-refractivity contribution in [2.45, 2.75) is 32.5 Å². The molecule has 1 amide bonds. The summed E-state index contributed by atoms with van der Waals surface area (Å²) in [7, 11) is 1.37. The first-order valence-corrected chi connectivity index (χ1v) is 9.92.